The minimum atomic E-state index is 0.536. The Balaban J connectivity index is 1.94. The first kappa shape index (κ1) is 18.2. The topological polar surface area (TPSA) is 39.1 Å². The van der Waals surface area contributed by atoms with Gasteiger partial charge in [0.2, 0.25) is 0 Å². The molecule has 1 N–H and O–H groups in total. The van der Waals surface area contributed by atoms with Crippen LogP contribution in [0.25, 0.3) is 16.9 Å². The van der Waals surface area contributed by atoms with Crippen LogP contribution >= 0.6 is 23.2 Å². The van der Waals surface area contributed by atoms with Gasteiger partial charge in [0, 0.05) is 17.7 Å². The molecule has 2 aromatic carbocycles. The molecule has 0 spiro atoms. The lowest BCUT2D eigenvalue weighted by Gasteiger charge is -2.13. The maximum Gasteiger partial charge on any atom is 0.145 e. The standard InChI is InChI=1S/C21H21Cl2N3O/c1-2-27-18-12-4-3-11-17(18)26-21-15(8-5-6-13-24-21)20(25-26)14-9-7-10-16(22)19(14)23/h3-4,7,9-12,24H,2,5-6,8,13H2,1H3. The number of anilines is 1. The van der Waals surface area contributed by atoms with Crippen molar-refractivity contribution in [1.29, 1.82) is 0 Å². The minimum Gasteiger partial charge on any atom is -0.492 e. The largest absolute Gasteiger partial charge is 0.492 e. The molecule has 27 heavy (non-hydrogen) atoms. The maximum atomic E-state index is 6.52. The minimum absolute atomic E-state index is 0.536. The molecule has 3 aromatic rings. The molecule has 1 aromatic heterocycles. The smallest absolute Gasteiger partial charge is 0.145 e. The number of nitrogens with one attached hydrogen (secondary N) is 1. The second-order valence-corrected chi connectivity index (χ2v) is 7.26. The predicted octanol–water partition coefficient (Wildman–Crippen LogP) is 5.99. The molecule has 0 atom stereocenters. The van der Waals surface area contributed by atoms with Gasteiger partial charge in [0.05, 0.1) is 22.3 Å². The quantitative estimate of drug-likeness (QED) is 0.582. The predicted molar refractivity (Wildman–Crippen MR) is 112 cm³/mol. The fraction of sp³-hybridized carbons (Fsp3) is 0.286. The van der Waals surface area contributed by atoms with Crippen LogP contribution in [0.1, 0.15) is 25.3 Å². The normalized spacial score (nSPS) is 13.6. The monoisotopic (exact) mass is 401 g/mol. The fourth-order valence-electron chi connectivity index (χ4n) is 3.49. The van der Waals surface area contributed by atoms with E-state index in [2.05, 4.69) is 5.32 Å². The van der Waals surface area contributed by atoms with Crippen LogP contribution in [0.3, 0.4) is 0 Å². The molecule has 2 heterocycles. The fourth-order valence-corrected chi connectivity index (χ4v) is 3.88. The molecule has 4 nitrogen and oxygen atoms in total. The van der Waals surface area contributed by atoms with Gasteiger partial charge in [0.1, 0.15) is 17.3 Å². The Labute approximate surface area is 169 Å². The van der Waals surface area contributed by atoms with E-state index in [4.69, 9.17) is 33.0 Å². The summed E-state index contributed by atoms with van der Waals surface area (Å²) in [4.78, 5) is 0. The number of halogens is 2. The van der Waals surface area contributed by atoms with Crippen LogP contribution in [0.4, 0.5) is 5.82 Å². The molecule has 0 saturated carbocycles. The van der Waals surface area contributed by atoms with Crippen LogP contribution in [-0.4, -0.2) is 22.9 Å². The van der Waals surface area contributed by atoms with E-state index < -0.39 is 0 Å². The molecule has 140 valence electrons. The van der Waals surface area contributed by atoms with E-state index >= 15 is 0 Å². The highest BCUT2D eigenvalue weighted by molar-refractivity contribution is 6.43. The van der Waals surface area contributed by atoms with Gasteiger partial charge in [0.25, 0.3) is 0 Å². The average Bonchev–Trinajstić information content (AvgIpc) is 2.86. The zero-order valence-corrected chi connectivity index (χ0v) is 16.6. The lowest BCUT2D eigenvalue weighted by atomic mass is 10.0. The molecule has 0 bridgehead atoms. The van der Waals surface area contributed by atoms with Crippen molar-refractivity contribution < 1.29 is 4.74 Å². The molecule has 1 aliphatic rings. The summed E-state index contributed by atoms with van der Waals surface area (Å²) in [6.07, 6.45) is 3.16. The summed E-state index contributed by atoms with van der Waals surface area (Å²) >= 11 is 12.8. The van der Waals surface area contributed by atoms with E-state index in [1.807, 2.05) is 48.0 Å². The van der Waals surface area contributed by atoms with Crippen LogP contribution in [0.2, 0.25) is 10.0 Å². The number of ether oxygens (including phenoxy) is 1. The third kappa shape index (κ3) is 3.40. The third-order valence-electron chi connectivity index (χ3n) is 4.73. The SMILES string of the molecule is CCOc1ccccc1-n1nc(-c2cccc(Cl)c2Cl)c2c1NCCCC2. The number of fused-ring (bicyclic) bond motifs is 1. The van der Waals surface area contributed by atoms with Gasteiger partial charge in [-0.3, -0.25) is 0 Å². The number of nitrogens with zero attached hydrogens (tertiary/aromatic N) is 2. The van der Waals surface area contributed by atoms with Gasteiger partial charge < -0.3 is 10.1 Å². The van der Waals surface area contributed by atoms with Gasteiger partial charge in [-0.15, -0.1) is 0 Å². The van der Waals surface area contributed by atoms with Crippen molar-refractivity contribution in [2.45, 2.75) is 26.2 Å². The van der Waals surface area contributed by atoms with Gasteiger partial charge >= 0.3 is 0 Å². The summed E-state index contributed by atoms with van der Waals surface area (Å²) in [7, 11) is 0. The van der Waals surface area contributed by atoms with Crippen molar-refractivity contribution in [2.24, 2.45) is 0 Å². The van der Waals surface area contributed by atoms with Gasteiger partial charge in [-0.05, 0) is 44.4 Å². The Morgan fingerprint density at radius 2 is 1.96 bits per heavy atom. The Morgan fingerprint density at radius 1 is 1.11 bits per heavy atom. The second-order valence-electron chi connectivity index (χ2n) is 6.47. The zero-order valence-electron chi connectivity index (χ0n) is 15.1. The van der Waals surface area contributed by atoms with E-state index in [0.717, 1.165) is 54.3 Å². The molecule has 6 heteroatoms. The van der Waals surface area contributed by atoms with Gasteiger partial charge in [-0.25, -0.2) is 4.68 Å². The highest BCUT2D eigenvalue weighted by atomic mass is 35.5. The average molecular weight is 402 g/mol. The number of hydrogen-bond donors (Lipinski definition) is 1. The van der Waals surface area contributed by atoms with E-state index in [1.54, 1.807) is 6.07 Å². The Morgan fingerprint density at radius 3 is 2.81 bits per heavy atom. The molecule has 0 unspecified atom stereocenters. The first-order valence-electron chi connectivity index (χ1n) is 9.23. The molecule has 0 aliphatic carbocycles. The second kappa shape index (κ2) is 7.83. The van der Waals surface area contributed by atoms with Gasteiger partial charge in [0.15, 0.2) is 0 Å². The van der Waals surface area contributed by atoms with Crippen LogP contribution in [-0.2, 0) is 6.42 Å². The Kier molecular flexibility index (Phi) is 5.28. The van der Waals surface area contributed by atoms with Crippen molar-refractivity contribution in [3.63, 3.8) is 0 Å². The van der Waals surface area contributed by atoms with Crippen LogP contribution in [0.5, 0.6) is 5.75 Å². The van der Waals surface area contributed by atoms with Crippen LogP contribution in [0, 0.1) is 0 Å². The first-order chi connectivity index (χ1) is 13.2. The summed E-state index contributed by atoms with van der Waals surface area (Å²) in [5.41, 5.74) is 3.81. The molecular weight excluding hydrogens is 381 g/mol. The van der Waals surface area contributed by atoms with E-state index in [9.17, 15) is 0 Å². The van der Waals surface area contributed by atoms with Crippen molar-refractivity contribution in [3.8, 4) is 22.7 Å². The van der Waals surface area contributed by atoms with Gasteiger partial charge in [-0.2, -0.15) is 5.10 Å². The molecule has 0 saturated heterocycles. The Hall–Kier alpha value is -2.17. The summed E-state index contributed by atoms with van der Waals surface area (Å²) in [5, 5.41) is 9.58. The van der Waals surface area contributed by atoms with Crippen molar-refractivity contribution in [3.05, 3.63) is 58.1 Å². The summed E-state index contributed by atoms with van der Waals surface area (Å²) in [6.45, 7) is 3.49. The highest BCUT2D eigenvalue weighted by Crippen LogP contribution is 2.40. The van der Waals surface area contributed by atoms with E-state index in [-0.39, 0.29) is 0 Å². The van der Waals surface area contributed by atoms with Crippen molar-refractivity contribution in [2.75, 3.05) is 18.5 Å². The zero-order chi connectivity index (χ0) is 18.8. The first-order valence-corrected chi connectivity index (χ1v) is 9.98. The molecule has 4 rings (SSSR count). The van der Waals surface area contributed by atoms with Crippen molar-refractivity contribution in [1.82, 2.24) is 9.78 Å². The Bertz CT molecular complexity index is 968. The molecule has 1 aliphatic heterocycles. The lowest BCUT2D eigenvalue weighted by Crippen LogP contribution is -2.08. The number of para-hydroxylation sites is 2. The molecule has 0 radical (unpaired) electrons. The van der Waals surface area contributed by atoms with Crippen LogP contribution < -0.4 is 10.1 Å². The number of rotatable bonds is 4. The summed E-state index contributed by atoms with van der Waals surface area (Å²) < 4.78 is 7.78. The summed E-state index contributed by atoms with van der Waals surface area (Å²) in [6, 6.07) is 13.6. The maximum absolute atomic E-state index is 6.52. The third-order valence-corrected chi connectivity index (χ3v) is 5.55. The molecule has 0 amide bonds. The summed E-state index contributed by atoms with van der Waals surface area (Å²) in [5.74, 6) is 1.81. The number of hydrogen-bond acceptors (Lipinski definition) is 3. The molecular formula is C21H21Cl2N3O. The van der Waals surface area contributed by atoms with Crippen LogP contribution in [0.15, 0.2) is 42.5 Å². The van der Waals surface area contributed by atoms with E-state index in [1.165, 1.54) is 5.56 Å². The van der Waals surface area contributed by atoms with Gasteiger partial charge in [-0.1, -0.05) is 47.5 Å². The number of aromatic nitrogens is 2. The highest BCUT2D eigenvalue weighted by Gasteiger charge is 2.24. The van der Waals surface area contributed by atoms with E-state index in [0.29, 0.717) is 16.7 Å². The number of benzene rings is 2. The molecule has 0 fully saturated rings. The lowest BCUT2D eigenvalue weighted by molar-refractivity contribution is 0.338. The van der Waals surface area contributed by atoms with Crippen molar-refractivity contribution >= 4 is 29.0 Å².